The quantitative estimate of drug-likeness (QED) is 0.875. The van der Waals surface area contributed by atoms with Crippen LogP contribution < -0.4 is 10.6 Å². The molecular weight excluding hydrogens is 328 g/mol. The number of para-hydroxylation sites is 1. The number of nitrogens with zero attached hydrogens (tertiary/aromatic N) is 3. The Labute approximate surface area is 155 Å². The number of amides is 2. The molecule has 0 aromatic heterocycles. The first-order chi connectivity index (χ1) is 12.5. The van der Waals surface area contributed by atoms with Crippen molar-refractivity contribution < 1.29 is 9.59 Å². The van der Waals surface area contributed by atoms with Gasteiger partial charge in [0.05, 0.1) is 12.6 Å². The average molecular weight is 358 g/mol. The van der Waals surface area contributed by atoms with Crippen LogP contribution >= 0.6 is 0 Å². The molecule has 0 aliphatic carbocycles. The topological polar surface area (TPSA) is 69.9 Å². The van der Waals surface area contributed by atoms with Gasteiger partial charge in [0, 0.05) is 38.4 Å². The van der Waals surface area contributed by atoms with Gasteiger partial charge in [-0.1, -0.05) is 32.0 Å². The van der Waals surface area contributed by atoms with Crippen LogP contribution in [0.1, 0.15) is 25.8 Å². The number of benzene rings is 1. The van der Waals surface area contributed by atoms with E-state index in [0.717, 1.165) is 38.2 Å². The summed E-state index contributed by atoms with van der Waals surface area (Å²) < 4.78 is 0. The Kier molecular flexibility index (Phi) is 5.94. The predicted molar refractivity (Wildman–Crippen MR) is 103 cm³/mol. The number of hydrogen-bond donors (Lipinski definition) is 1. The van der Waals surface area contributed by atoms with Crippen LogP contribution in [0.3, 0.4) is 0 Å². The van der Waals surface area contributed by atoms with E-state index in [4.69, 9.17) is 5.73 Å². The molecule has 2 heterocycles. The summed E-state index contributed by atoms with van der Waals surface area (Å²) in [7, 11) is 0. The normalized spacial score (nSPS) is 19.4. The van der Waals surface area contributed by atoms with Crippen molar-refractivity contribution in [2.45, 2.75) is 32.7 Å². The number of anilines is 1. The molecule has 0 saturated carbocycles. The standard InChI is InChI=1S/C20H30N4O2/c1-15(2)19(21)20(26)23-12-10-22(11-13-23)14-18(25)24-9-5-7-16-6-3-4-8-17(16)24/h3-4,6,8,15,19H,5,7,9-14,21H2,1-2H3/t19-/m0/s1. The molecule has 2 N–H and O–H groups in total. The van der Waals surface area contributed by atoms with E-state index < -0.39 is 6.04 Å². The van der Waals surface area contributed by atoms with E-state index >= 15 is 0 Å². The van der Waals surface area contributed by atoms with Crippen molar-refractivity contribution in [3.63, 3.8) is 0 Å². The van der Waals surface area contributed by atoms with E-state index in [2.05, 4.69) is 11.0 Å². The van der Waals surface area contributed by atoms with E-state index in [1.165, 1.54) is 5.56 Å². The zero-order valence-electron chi connectivity index (χ0n) is 15.9. The molecule has 2 amide bonds. The minimum atomic E-state index is -0.437. The van der Waals surface area contributed by atoms with Gasteiger partial charge in [0.2, 0.25) is 11.8 Å². The Morgan fingerprint density at radius 1 is 1.08 bits per heavy atom. The second kappa shape index (κ2) is 8.18. The van der Waals surface area contributed by atoms with Crippen molar-refractivity contribution in [3.05, 3.63) is 29.8 Å². The highest BCUT2D eigenvalue weighted by Crippen LogP contribution is 2.26. The Morgan fingerprint density at radius 2 is 1.77 bits per heavy atom. The highest BCUT2D eigenvalue weighted by atomic mass is 16.2. The van der Waals surface area contributed by atoms with Gasteiger partial charge in [-0.05, 0) is 30.4 Å². The molecule has 0 spiro atoms. The van der Waals surface area contributed by atoms with Gasteiger partial charge >= 0.3 is 0 Å². The Hall–Kier alpha value is -1.92. The number of nitrogens with two attached hydrogens (primary N) is 1. The summed E-state index contributed by atoms with van der Waals surface area (Å²) in [6, 6.07) is 7.73. The summed E-state index contributed by atoms with van der Waals surface area (Å²) >= 11 is 0. The molecular formula is C20H30N4O2. The van der Waals surface area contributed by atoms with Crippen molar-refractivity contribution in [3.8, 4) is 0 Å². The van der Waals surface area contributed by atoms with Crippen LogP contribution in [0, 0.1) is 5.92 Å². The van der Waals surface area contributed by atoms with Crippen LogP contribution in [0.4, 0.5) is 5.69 Å². The fraction of sp³-hybridized carbons (Fsp3) is 0.600. The molecule has 1 aromatic rings. The molecule has 0 unspecified atom stereocenters. The zero-order chi connectivity index (χ0) is 18.7. The highest BCUT2D eigenvalue weighted by molar-refractivity contribution is 5.96. The lowest BCUT2D eigenvalue weighted by Gasteiger charge is -2.37. The van der Waals surface area contributed by atoms with E-state index in [9.17, 15) is 9.59 Å². The van der Waals surface area contributed by atoms with Crippen LogP contribution in [-0.2, 0) is 16.0 Å². The van der Waals surface area contributed by atoms with E-state index in [0.29, 0.717) is 19.6 Å². The molecule has 0 radical (unpaired) electrons. The predicted octanol–water partition coefficient (Wildman–Crippen LogP) is 1.09. The number of carbonyl (C=O) groups excluding carboxylic acids is 2. The van der Waals surface area contributed by atoms with Crippen molar-refractivity contribution in [2.75, 3.05) is 44.2 Å². The molecule has 142 valence electrons. The molecule has 2 aliphatic rings. The lowest BCUT2D eigenvalue weighted by atomic mass is 10.0. The molecule has 2 aliphatic heterocycles. The summed E-state index contributed by atoms with van der Waals surface area (Å²) in [6.45, 7) is 7.85. The number of aryl methyl sites for hydroxylation is 1. The maximum Gasteiger partial charge on any atom is 0.241 e. The molecule has 1 saturated heterocycles. The van der Waals surface area contributed by atoms with E-state index in [-0.39, 0.29) is 17.7 Å². The molecule has 1 fully saturated rings. The third-order valence-corrected chi connectivity index (χ3v) is 5.46. The lowest BCUT2D eigenvalue weighted by Crippen LogP contribution is -2.55. The summed E-state index contributed by atoms with van der Waals surface area (Å²) in [5.74, 6) is 0.313. The van der Waals surface area contributed by atoms with Gasteiger partial charge in [-0.25, -0.2) is 0 Å². The molecule has 6 nitrogen and oxygen atoms in total. The second-order valence-electron chi connectivity index (χ2n) is 7.65. The number of piperazine rings is 1. The largest absolute Gasteiger partial charge is 0.339 e. The fourth-order valence-corrected chi connectivity index (χ4v) is 3.69. The monoisotopic (exact) mass is 358 g/mol. The molecule has 0 bridgehead atoms. The maximum absolute atomic E-state index is 12.8. The lowest BCUT2D eigenvalue weighted by molar-refractivity contribution is -0.135. The first kappa shape index (κ1) is 18.9. The van der Waals surface area contributed by atoms with Gasteiger partial charge in [0.25, 0.3) is 0 Å². The highest BCUT2D eigenvalue weighted by Gasteiger charge is 2.29. The molecule has 1 aromatic carbocycles. The minimum Gasteiger partial charge on any atom is -0.339 e. The van der Waals surface area contributed by atoms with Crippen LogP contribution in [-0.4, -0.2) is 66.9 Å². The van der Waals surface area contributed by atoms with Gasteiger partial charge in [-0.2, -0.15) is 0 Å². The van der Waals surface area contributed by atoms with Crippen molar-refractivity contribution in [1.82, 2.24) is 9.80 Å². The smallest absolute Gasteiger partial charge is 0.241 e. The third-order valence-electron chi connectivity index (χ3n) is 5.46. The minimum absolute atomic E-state index is 0.0240. The first-order valence-electron chi connectivity index (χ1n) is 9.62. The van der Waals surface area contributed by atoms with Crippen LogP contribution in [0.5, 0.6) is 0 Å². The van der Waals surface area contributed by atoms with Crippen LogP contribution in [0.15, 0.2) is 24.3 Å². The van der Waals surface area contributed by atoms with Crippen molar-refractivity contribution in [1.29, 1.82) is 0 Å². The van der Waals surface area contributed by atoms with Gasteiger partial charge in [0.15, 0.2) is 0 Å². The van der Waals surface area contributed by atoms with Gasteiger partial charge < -0.3 is 15.5 Å². The van der Waals surface area contributed by atoms with Crippen LogP contribution in [0.2, 0.25) is 0 Å². The van der Waals surface area contributed by atoms with Crippen molar-refractivity contribution in [2.24, 2.45) is 11.7 Å². The van der Waals surface area contributed by atoms with Gasteiger partial charge in [0.1, 0.15) is 0 Å². The second-order valence-corrected chi connectivity index (χ2v) is 7.65. The van der Waals surface area contributed by atoms with E-state index in [1.807, 2.05) is 41.8 Å². The number of hydrogen-bond acceptors (Lipinski definition) is 4. The molecule has 3 rings (SSSR count). The van der Waals surface area contributed by atoms with Crippen LogP contribution in [0.25, 0.3) is 0 Å². The number of carbonyl (C=O) groups is 2. The summed E-state index contributed by atoms with van der Waals surface area (Å²) in [5, 5.41) is 0. The number of fused-ring (bicyclic) bond motifs is 1. The molecule has 6 heteroatoms. The van der Waals surface area contributed by atoms with Gasteiger partial charge in [-0.3, -0.25) is 14.5 Å². The van der Waals surface area contributed by atoms with Crippen molar-refractivity contribution >= 4 is 17.5 Å². The summed E-state index contributed by atoms with van der Waals surface area (Å²) in [4.78, 5) is 31.1. The summed E-state index contributed by atoms with van der Waals surface area (Å²) in [5.41, 5.74) is 8.29. The third kappa shape index (κ3) is 4.07. The maximum atomic E-state index is 12.8. The fourth-order valence-electron chi connectivity index (χ4n) is 3.69. The zero-order valence-corrected chi connectivity index (χ0v) is 15.9. The Morgan fingerprint density at radius 3 is 2.46 bits per heavy atom. The Bertz CT molecular complexity index is 653. The Balaban J connectivity index is 1.54. The number of rotatable bonds is 4. The van der Waals surface area contributed by atoms with E-state index in [1.54, 1.807) is 0 Å². The first-order valence-corrected chi connectivity index (χ1v) is 9.62. The SMILES string of the molecule is CC(C)[C@H](N)C(=O)N1CCN(CC(=O)N2CCCc3ccccc32)CC1. The molecule has 26 heavy (non-hydrogen) atoms. The summed E-state index contributed by atoms with van der Waals surface area (Å²) in [6.07, 6.45) is 2.05. The molecule has 1 atom stereocenters. The average Bonchev–Trinajstić information content (AvgIpc) is 2.66. The van der Waals surface area contributed by atoms with Gasteiger partial charge in [-0.15, -0.1) is 0 Å².